The van der Waals surface area contributed by atoms with Gasteiger partial charge in [0, 0.05) is 6.42 Å². The number of nitrogens with zero attached hydrogens (tertiary/aromatic N) is 1. The van der Waals surface area contributed by atoms with Gasteiger partial charge >= 0.3 is 11.9 Å². The molecule has 0 bridgehead atoms. The van der Waals surface area contributed by atoms with Crippen molar-refractivity contribution in [3.63, 3.8) is 0 Å². The zero-order valence-corrected chi connectivity index (χ0v) is 22.0. The van der Waals surface area contributed by atoms with E-state index in [1.54, 1.807) is 6.08 Å². The standard InChI is InChI=1S/C29H45NO5/c1-5-26(31)22-20-18-16-14-12-10-8-6-7-9-11-13-15-17-19-21-23-29(34)35-27(24-28(32)33)25-30(2,3)4/h6-7,10-13,16-20,22,26-27,31H,5,8-9,14-15,21,23-25H2,1-4H3/p+1/b7-6+,12-10+,13-11+,18-16+,19-17+,22-20+. The first-order chi connectivity index (χ1) is 16.6. The van der Waals surface area contributed by atoms with Gasteiger partial charge in [-0.25, -0.2) is 0 Å². The maximum absolute atomic E-state index is 12.0. The van der Waals surface area contributed by atoms with Crippen molar-refractivity contribution >= 4 is 11.9 Å². The highest BCUT2D eigenvalue weighted by atomic mass is 16.5. The van der Waals surface area contributed by atoms with Gasteiger partial charge in [0.05, 0.1) is 33.7 Å². The van der Waals surface area contributed by atoms with Crippen molar-refractivity contribution in [2.45, 2.75) is 70.5 Å². The lowest BCUT2D eigenvalue weighted by molar-refractivity contribution is -0.873. The lowest BCUT2D eigenvalue weighted by Gasteiger charge is -2.28. The normalized spacial score (nSPS) is 14.9. The fourth-order valence-electron chi connectivity index (χ4n) is 2.99. The number of likely N-dealkylation sites (N-methyl/N-ethyl adjacent to an activating group) is 1. The molecular formula is C29H46NO5+. The Morgan fingerprint density at radius 3 is 1.83 bits per heavy atom. The van der Waals surface area contributed by atoms with Crippen LogP contribution in [0.3, 0.4) is 0 Å². The average Bonchev–Trinajstić information content (AvgIpc) is 2.76. The minimum absolute atomic E-state index is 0.173. The number of ether oxygens (including phenoxy) is 1. The van der Waals surface area contributed by atoms with Crippen LogP contribution in [0, 0.1) is 0 Å². The fraction of sp³-hybridized carbons (Fsp3) is 0.517. The molecule has 0 aromatic heterocycles. The van der Waals surface area contributed by atoms with Crippen LogP contribution in [0.4, 0.5) is 0 Å². The summed E-state index contributed by atoms with van der Waals surface area (Å²) in [7, 11) is 5.82. The predicted octanol–water partition coefficient (Wildman–Crippen LogP) is 5.53. The zero-order valence-electron chi connectivity index (χ0n) is 22.0. The molecule has 0 rings (SSSR count). The lowest BCUT2D eigenvalue weighted by atomic mass is 10.2. The Bertz CT molecular complexity index is 754. The van der Waals surface area contributed by atoms with Crippen molar-refractivity contribution in [2.24, 2.45) is 0 Å². The molecule has 35 heavy (non-hydrogen) atoms. The summed E-state index contributed by atoms with van der Waals surface area (Å²) in [6.07, 6.45) is 28.3. The number of esters is 1. The summed E-state index contributed by atoms with van der Waals surface area (Å²) in [5, 5.41) is 18.4. The smallest absolute Gasteiger partial charge is 0.307 e. The van der Waals surface area contributed by atoms with E-state index in [0.717, 1.165) is 32.1 Å². The zero-order chi connectivity index (χ0) is 26.4. The van der Waals surface area contributed by atoms with E-state index in [1.165, 1.54) is 0 Å². The highest BCUT2D eigenvalue weighted by Crippen LogP contribution is 2.08. The summed E-state index contributed by atoms with van der Waals surface area (Å²) in [4.78, 5) is 23.0. The van der Waals surface area contributed by atoms with E-state index < -0.39 is 12.1 Å². The Morgan fingerprint density at radius 2 is 1.34 bits per heavy atom. The summed E-state index contributed by atoms with van der Waals surface area (Å²) in [6, 6.07) is 0. The highest BCUT2D eigenvalue weighted by Gasteiger charge is 2.24. The summed E-state index contributed by atoms with van der Waals surface area (Å²) in [6.45, 7) is 2.41. The van der Waals surface area contributed by atoms with Gasteiger partial charge in [-0.05, 0) is 38.5 Å². The molecule has 0 aromatic rings. The summed E-state index contributed by atoms with van der Waals surface area (Å²) in [5.74, 6) is -1.32. The number of carbonyl (C=O) groups excluding carboxylic acids is 1. The van der Waals surface area contributed by atoms with Crippen LogP contribution in [-0.2, 0) is 14.3 Å². The molecule has 196 valence electrons. The van der Waals surface area contributed by atoms with Gasteiger partial charge in [0.15, 0.2) is 6.10 Å². The van der Waals surface area contributed by atoms with Gasteiger partial charge in [-0.3, -0.25) is 9.59 Å². The fourth-order valence-corrected chi connectivity index (χ4v) is 2.99. The minimum Gasteiger partial charge on any atom is -0.481 e. The summed E-state index contributed by atoms with van der Waals surface area (Å²) in [5.41, 5.74) is 0. The molecule has 0 fully saturated rings. The van der Waals surface area contributed by atoms with E-state index in [9.17, 15) is 14.7 Å². The van der Waals surface area contributed by atoms with Crippen molar-refractivity contribution in [1.82, 2.24) is 0 Å². The molecule has 0 saturated carbocycles. The first kappa shape index (κ1) is 32.3. The first-order valence-corrected chi connectivity index (χ1v) is 12.5. The quantitative estimate of drug-likeness (QED) is 0.108. The van der Waals surface area contributed by atoms with Crippen LogP contribution < -0.4 is 0 Å². The molecule has 2 N–H and O–H groups in total. The second-order valence-corrected chi connectivity index (χ2v) is 9.34. The largest absolute Gasteiger partial charge is 0.481 e. The lowest BCUT2D eigenvalue weighted by Crippen LogP contribution is -2.43. The van der Waals surface area contributed by atoms with Crippen LogP contribution in [0.15, 0.2) is 72.9 Å². The average molecular weight is 489 g/mol. The van der Waals surface area contributed by atoms with Gasteiger partial charge in [-0.1, -0.05) is 79.8 Å². The Hall–Kier alpha value is -2.70. The third-order valence-corrected chi connectivity index (χ3v) is 4.72. The van der Waals surface area contributed by atoms with Gasteiger partial charge in [0.1, 0.15) is 6.54 Å². The van der Waals surface area contributed by atoms with E-state index in [4.69, 9.17) is 9.84 Å². The van der Waals surface area contributed by atoms with Crippen molar-refractivity contribution in [3.8, 4) is 0 Å². The van der Waals surface area contributed by atoms with E-state index >= 15 is 0 Å². The molecule has 0 spiro atoms. The SMILES string of the molecule is CCC(O)/C=C/C=C/C/C=C/C/C=C/C/C=C/C/C=C/CCC(=O)OC(CC(=O)O)C[N+](C)(C)C. The van der Waals surface area contributed by atoms with E-state index in [0.29, 0.717) is 17.4 Å². The first-order valence-electron chi connectivity index (χ1n) is 12.5. The number of hydrogen-bond acceptors (Lipinski definition) is 4. The Labute approximate surface area is 212 Å². The monoisotopic (exact) mass is 488 g/mol. The Balaban J connectivity index is 3.94. The van der Waals surface area contributed by atoms with Gasteiger partial charge in [0.25, 0.3) is 0 Å². The summed E-state index contributed by atoms with van der Waals surface area (Å²) < 4.78 is 5.90. The number of allylic oxidation sites excluding steroid dienone is 11. The van der Waals surface area contributed by atoms with Crippen LogP contribution in [0.1, 0.15) is 58.3 Å². The van der Waals surface area contributed by atoms with Gasteiger partial charge in [-0.2, -0.15) is 0 Å². The van der Waals surface area contributed by atoms with Crippen LogP contribution in [0.5, 0.6) is 0 Å². The molecule has 6 heteroatoms. The molecule has 0 saturated heterocycles. The van der Waals surface area contributed by atoms with Crippen LogP contribution in [0.2, 0.25) is 0 Å². The van der Waals surface area contributed by atoms with Crippen molar-refractivity contribution in [2.75, 3.05) is 27.7 Å². The maximum atomic E-state index is 12.0. The van der Waals surface area contributed by atoms with E-state index in [-0.39, 0.29) is 24.9 Å². The number of aliphatic hydroxyl groups excluding tert-OH is 1. The van der Waals surface area contributed by atoms with Gasteiger partial charge in [-0.15, -0.1) is 0 Å². The molecule has 6 nitrogen and oxygen atoms in total. The van der Waals surface area contributed by atoms with Crippen LogP contribution in [-0.4, -0.2) is 66.5 Å². The predicted molar refractivity (Wildman–Crippen MR) is 144 cm³/mol. The molecule has 0 aliphatic carbocycles. The Kier molecular flexibility index (Phi) is 19.1. The molecule has 0 radical (unpaired) electrons. The topological polar surface area (TPSA) is 83.8 Å². The third kappa shape index (κ3) is 24.2. The van der Waals surface area contributed by atoms with Gasteiger partial charge in [0.2, 0.25) is 0 Å². The third-order valence-electron chi connectivity index (χ3n) is 4.72. The van der Waals surface area contributed by atoms with E-state index in [2.05, 4.69) is 42.5 Å². The molecule has 2 unspecified atom stereocenters. The second-order valence-electron chi connectivity index (χ2n) is 9.34. The number of hydrogen-bond donors (Lipinski definition) is 2. The molecular weight excluding hydrogens is 442 g/mol. The number of rotatable bonds is 19. The molecule has 0 heterocycles. The molecule has 2 atom stereocenters. The highest BCUT2D eigenvalue weighted by molar-refractivity contribution is 5.71. The second kappa shape index (κ2) is 20.7. The number of carboxylic acids is 1. The van der Waals surface area contributed by atoms with E-state index in [1.807, 2.05) is 52.4 Å². The van der Waals surface area contributed by atoms with Crippen LogP contribution >= 0.6 is 0 Å². The maximum Gasteiger partial charge on any atom is 0.307 e. The number of carboxylic acid groups (broad SMARTS) is 1. The molecule has 0 aromatic carbocycles. The van der Waals surface area contributed by atoms with Crippen molar-refractivity contribution in [3.05, 3.63) is 72.9 Å². The Morgan fingerprint density at radius 1 is 0.829 bits per heavy atom. The molecule has 0 amide bonds. The number of quaternary nitrogens is 1. The van der Waals surface area contributed by atoms with Gasteiger partial charge < -0.3 is 19.4 Å². The number of carbonyl (C=O) groups is 2. The van der Waals surface area contributed by atoms with Crippen LogP contribution in [0.25, 0.3) is 0 Å². The van der Waals surface area contributed by atoms with Crippen molar-refractivity contribution in [1.29, 1.82) is 0 Å². The number of aliphatic hydroxyl groups is 1. The molecule has 0 aliphatic rings. The minimum atomic E-state index is -0.962. The molecule has 0 aliphatic heterocycles. The summed E-state index contributed by atoms with van der Waals surface area (Å²) >= 11 is 0. The number of aliphatic carboxylic acids is 1. The van der Waals surface area contributed by atoms with Crippen molar-refractivity contribution < 1.29 is 29.0 Å².